The Morgan fingerprint density at radius 3 is 1.08 bits per heavy atom. The minimum absolute atomic E-state index is 0.000827. The van der Waals surface area contributed by atoms with E-state index in [1.54, 1.807) is 59.6 Å². The molecule has 146 heavy (non-hydrogen) atoms. The predicted molar refractivity (Wildman–Crippen MR) is 593 cm³/mol. The van der Waals surface area contributed by atoms with Crippen molar-refractivity contribution in [2.45, 2.75) is 179 Å². The fourth-order valence-corrected chi connectivity index (χ4v) is 22.8. The summed E-state index contributed by atoms with van der Waals surface area (Å²) in [7, 11) is 5.46. The van der Waals surface area contributed by atoms with Crippen molar-refractivity contribution >= 4 is 74.9 Å². The van der Waals surface area contributed by atoms with Gasteiger partial charge in [0.05, 0.1) is 77.5 Å². The Kier molecular flexibility index (Phi) is 39.8. The van der Waals surface area contributed by atoms with Crippen molar-refractivity contribution in [1.82, 2.24) is 36.4 Å². The van der Waals surface area contributed by atoms with Gasteiger partial charge in [0, 0.05) is 111 Å². The third kappa shape index (κ3) is 30.2. The number of hydrogen-bond acceptors (Lipinski definition) is 18. The molecule has 13 aromatic rings. The molecule has 0 radical (unpaired) electrons. The van der Waals surface area contributed by atoms with Crippen LogP contribution in [-0.4, -0.2) is 142 Å². The summed E-state index contributed by atoms with van der Waals surface area (Å²) in [5, 5.41) is 53.5. The maximum absolute atomic E-state index is 13.1. The highest BCUT2D eigenvalue weighted by atomic mass is 32.1. The van der Waals surface area contributed by atoms with E-state index in [0.29, 0.717) is 53.8 Å². The fraction of sp³-hybridized carbons (Fsp3) is 0.390. The SMILES string of the molecule is CCCC(C)COc1ccc([C@H](CO)NC(=O)[C@H]2C[C@@H]2c2cccs2)cc1.CC[C@H](C)COc1ccc([C@H](CN2CCN(C)CC2)NC(=O)[C@@H]2C[C@H]2c2cccs2)cc1.CC[C@H](NC(=O)[C@H]1C[C@@H]1c1ccccc1)c1ccc(-c2ccc(OC)cc2)cc1.CCc1ccc(-c2ccc([C@H](CO)NC(=O)[C@H]3C[C@@H]3c3cccs3)c(OC)c2)cc1.CCc1ccc(-c2ccc([C@H](CO)NC(=O)[C@H]3C[C@@H]3c3cccs3)cc2)cc1. The van der Waals surface area contributed by atoms with Crippen LogP contribution in [0.1, 0.15) is 230 Å². The standard InChI is InChI=1S/C26H37N3O2S.C26H27NO2.C25H27NO3S.C24H25NO2S.C22H29NO3S/c1-4-19(2)18-31-21-9-7-20(8-10-21)24(17-29-13-11-28(3)12-14-29)27-26(30)23-16-22(23)25-6-5-15-32-25;1-3-25(27-26(28)24-17-23(24)20-7-5-4-6-8-20)21-11-9-18(10-12-21)19-13-15-22(29-2)16-14-19;1-3-16-6-8-17(9-7-16)18-10-11-19(23(13-18)29-2)22(15-27)26-25(28)21-14-20(21)24-5-4-12-30-24;1-2-16-5-7-17(8-6-16)18-9-11-19(12-10-18)22(15-26)25-24(27)21-14-20(21)23-4-3-13-28-23;1-3-5-15(2)14-26-17-9-7-16(8-10-17)20(13-24)23-22(25)19-12-18(19)21-6-4-11-27-21/h5-10,15,19,22-24H,4,11-14,16-18H2,1-3H3,(H,27,30);4-16,23-25H,3,17H2,1-2H3,(H,27,28);4-13,20-22,27H,3,14-15H2,1-2H3,(H,26,28);3-13,20-22,26H,2,14-15H2,1H3,(H,25,27);4,6-11,15,18-20,24H,3,5,12-14H2,1-2H3,(H,23,25)/t19-,22+,23+,24-;23-,24+,25+;2*20-,21-,22-;15?,18-,19-,20-/m01000/s1. The lowest BCUT2D eigenvalue weighted by atomic mass is 9.98. The molecule has 0 spiro atoms. The van der Waals surface area contributed by atoms with E-state index < -0.39 is 6.04 Å². The van der Waals surface area contributed by atoms with E-state index in [9.17, 15) is 39.3 Å². The van der Waals surface area contributed by atoms with Gasteiger partial charge in [-0.15, -0.1) is 45.3 Å². The van der Waals surface area contributed by atoms with E-state index in [1.807, 2.05) is 126 Å². The Morgan fingerprint density at radius 1 is 0.356 bits per heavy atom. The summed E-state index contributed by atoms with van der Waals surface area (Å²) in [6.07, 6.45) is 10.9. The van der Waals surface area contributed by atoms with Gasteiger partial charge in [0.15, 0.2) is 0 Å². The van der Waals surface area contributed by atoms with Gasteiger partial charge in [-0.2, -0.15) is 0 Å². The molecule has 6 fully saturated rings. The number of likely N-dealkylation sites (N-methyl/N-ethyl adjacent to an activating group) is 1. The van der Waals surface area contributed by atoms with Crippen molar-refractivity contribution in [1.29, 1.82) is 0 Å². The molecular weight excluding hydrogens is 1900 g/mol. The third-order valence-electron chi connectivity index (χ3n) is 29.2. The van der Waals surface area contributed by atoms with Gasteiger partial charge in [-0.3, -0.25) is 28.9 Å². The Labute approximate surface area is 879 Å². The van der Waals surface area contributed by atoms with E-state index in [2.05, 4.69) is 254 Å². The number of nitrogens with one attached hydrogen (secondary N) is 5. The van der Waals surface area contributed by atoms with Crippen molar-refractivity contribution in [3.8, 4) is 56.4 Å². The number of nitrogens with zero attached hydrogens (tertiary/aromatic N) is 2. The second-order valence-corrected chi connectivity index (χ2v) is 43.7. The summed E-state index contributed by atoms with van der Waals surface area (Å²) < 4.78 is 22.6. The molecule has 5 amide bonds. The van der Waals surface area contributed by atoms with Crippen LogP contribution < -0.4 is 45.5 Å². The summed E-state index contributed by atoms with van der Waals surface area (Å²) in [5.41, 5.74) is 15.6. The highest BCUT2D eigenvalue weighted by Crippen LogP contribution is 2.54. The van der Waals surface area contributed by atoms with Crippen LogP contribution >= 0.6 is 45.3 Å². The molecule has 9 aromatic carbocycles. The summed E-state index contributed by atoms with van der Waals surface area (Å²) in [5.74, 6) is 6.77. The molecule has 23 heteroatoms. The summed E-state index contributed by atoms with van der Waals surface area (Å²) in [6.45, 7) is 21.3. The van der Waals surface area contributed by atoms with E-state index in [-0.39, 0.29) is 103 Å². The number of aliphatic hydroxyl groups excluding tert-OH is 3. The number of hydrogen-bond donors (Lipinski definition) is 8. The van der Waals surface area contributed by atoms with E-state index in [1.165, 1.54) is 41.8 Å². The third-order valence-corrected chi connectivity index (χ3v) is 33.3. The first-order valence-electron chi connectivity index (χ1n) is 52.3. The fourth-order valence-electron chi connectivity index (χ4n) is 19.2. The first-order valence-corrected chi connectivity index (χ1v) is 55.8. The Balaban J connectivity index is 0.000000137. The molecule has 8 N–H and O–H groups in total. The van der Waals surface area contributed by atoms with Crippen LogP contribution in [0, 0.1) is 41.4 Å². The highest BCUT2D eigenvalue weighted by molar-refractivity contribution is 7.11. The number of thiophene rings is 4. The Bertz CT molecular complexity index is 6170. The number of carbonyl (C=O) groups excluding carboxylic acids is 5. The molecule has 5 heterocycles. The molecule has 6 aliphatic rings. The topological polar surface area (TPSA) is 250 Å². The van der Waals surface area contributed by atoms with Crippen LogP contribution in [0.5, 0.6) is 23.0 Å². The highest BCUT2D eigenvalue weighted by Gasteiger charge is 2.49. The molecule has 5 saturated carbocycles. The van der Waals surface area contributed by atoms with E-state index >= 15 is 0 Å². The molecule has 17 atom stereocenters. The molecule has 4 aromatic heterocycles. The minimum atomic E-state index is -0.492. The molecule has 19 rings (SSSR count). The van der Waals surface area contributed by atoms with Crippen LogP contribution in [0.4, 0.5) is 0 Å². The van der Waals surface area contributed by atoms with Gasteiger partial charge in [-0.25, -0.2) is 0 Å². The number of amides is 5. The Hall–Kier alpha value is -11.9. The predicted octanol–water partition coefficient (Wildman–Crippen LogP) is 24.5. The van der Waals surface area contributed by atoms with Crippen molar-refractivity contribution in [2.24, 2.45) is 41.4 Å². The minimum Gasteiger partial charge on any atom is -0.497 e. The normalized spacial score (nSPS) is 20.2. The quantitative estimate of drug-likeness (QED) is 0.0177. The van der Waals surface area contributed by atoms with Gasteiger partial charge >= 0.3 is 0 Å². The van der Waals surface area contributed by atoms with Crippen molar-refractivity contribution in [3.63, 3.8) is 0 Å². The summed E-state index contributed by atoms with van der Waals surface area (Å²) in [6, 6.07) is 89.3. The maximum Gasteiger partial charge on any atom is 0.224 e. The van der Waals surface area contributed by atoms with Gasteiger partial charge < -0.3 is 65.8 Å². The molecule has 1 aliphatic heterocycles. The number of benzene rings is 9. The van der Waals surface area contributed by atoms with Crippen LogP contribution in [0.3, 0.4) is 0 Å². The summed E-state index contributed by atoms with van der Waals surface area (Å²) in [4.78, 5) is 73.7. The lowest BCUT2D eigenvalue weighted by Crippen LogP contribution is -2.48. The van der Waals surface area contributed by atoms with Gasteiger partial charge in [-0.1, -0.05) is 261 Å². The first-order chi connectivity index (χ1) is 71.2. The van der Waals surface area contributed by atoms with Gasteiger partial charge in [-0.05, 0) is 243 Å². The zero-order valence-corrected chi connectivity index (χ0v) is 89.2. The number of piperazine rings is 1. The van der Waals surface area contributed by atoms with E-state index in [0.717, 1.165) is 183 Å². The number of methoxy groups -OCH3 is 2. The average molecular weight is 2040 g/mol. The van der Waals surface area contributed by atoms with Crippen LogP contribution in [0.25, 0.3) is 33.4 Å². The molecule has 5 aliphatic carbocycles. The summed E-state index contributed by atoms with van der Waals surface area (Å²) >= 11 is 6.87. The van der Waals surface area contributed by atoms with Gasteiger partial charge in [0.2, 0.25) is 29.5 Å². The lowest BCUT2D eigenvalue weighted by molar-refractivity contribution is -0.124. The molecular formula is C123H145N7O12S4. The Morgan fingerprint density at radius 2 is 0.699 bits per heavy atom. The van der Waals surface area contributed by atoms with Crippen LogP contribution in [0.15, 0.2) is 288 Å². The molecule has 19 nitrogen and oxygen atoms in total. The van der Waals surface area contributed by atoms with Crippen LogP contribution in [-0.2, 0) is 36.8 Å². The van der Waals surface area contributed by atoms with Crippen molar-refractivity contribution in [3.05, 3.63) is 352 Å². The largest absolute Gasteiger partial charge is 0.497 e. The second-order valence-electron chi connectivity index (χ2n) is 39.8. The monoisotopic (exact) mass is 2040 g/mol. The smallest absolute Gasteiger partial charge is 0.224 e. The zero-order chi connectivity index (χ0) is 103. The van der Waals surface area contributed by atoms with Crippen molar-refractivity contribution in [2.75, 3.05) is 87.0 Å². The molecule has 768 valence electrons. The average Bonchev–Trinajstić information content (AvgIpc) is 1.57. The number of aliphatic hydroxyl groups is 3. The van der Waals surface area contributed by atoms with E-state index in [4.69, 9.17) is 18.9 Å². The van der Waals surface area contributed by atoms with Crippen molar-refractivity contribution < 1.29 is 58.2 Å². The number of ether oxygens (including phenoxy) is 4. The number of carbonyl (C=O) groups is 5. The molecule has 1 unspecified atom stereocenters. The zero-order valence-electron chi connectivity index (χ0n) is 85.9. The van der Waals surface area contributed by atoms with Gasteiger partial charge in [0.1, 0.15) is 23.0 Å². The number of rotatable bonds is 42. The van der Waals surface area contributed by atoms with Gasteiger partial charge in [0.25, 0.3) is 0 Å². The molecule has 1 saturated heterocycles. The second kappa shape index (κ2) is 53.7. The maximum atomic E-state index is 13.1. The number of aryl methyl sites for hydroxylation is 2. The molecule has 0 bridgehead atoms. The van der Waals surface area contributed by atoms with Crippen LogP contribution in [0.2, 0.25) is 0 Å². The first kappa shape index (κ1) is 108. The lowest BCUT2D eigenvalue weighted by Gasteiger charge is -2.35.